The third kappa shape index (κ3) is 5.32. The van der Waals surface area contributed by atoms with E-state index in [-0.39, 0.29) is 6.04 Å². The van der Waals surface area contributed by atoms with Crippen LogP contribution < -0.4 is 5.32 Å². The van der Waals surface area contributed by atoms with Gasteiger partial charge in [0.1, 0.15) is 10.8 Å². The number of ketones is 1. The summed E-state index contributed by atoms with van der Waals surface area (Å²) in [7, 11) is 3.66. The molecule has 1 aliphatic rings. The van der Waals surface area contributed by atoms with Crippen LogP contribution in [0.15, 0.2) is 30.6 Å². The van der Waals surface area contributed by atoms with E-state index in [2.05, 4.69) is 42.5 Å². The number of thiophene rings is 1. The maximum absolute atomic E-state index is 13.0. The van der Waals surface area contributed by atoms with E-state index in [0.29, 0.717) is 24.7 Å². The fourth-order valence-corrected chi connectivity index (χ4v) is 7.61. The normalized spacial score (nSPS) is 17.6. The minimum absolute atomic E-state index is 0.289. The van der Waals surface area contributed by atoms with Crippen LogP contribution in [-0.4, -0.2) is 40.3 Å². The lowest BCUT2D eigenvalue weighted by Gasteiger charge is -2.26. The van der Waals surface area contributed by atoms with Crippen LogP contribution in [0, 0.1) is 0 Å². The third-order valence-corrected chi connectivity index (χ3v) is 9.32. The SMILES string of the molecule is COCCCCCC(=O)Cc1sc2c(c1-c1nc3cc(-c4cnn(C)c4)ccc3s1)C[C@@H](C)N[C@H]2C. The first kappa shape index (κ1) is 25.3. The Hall–Kier alpha value is -2.39. The van der Waals surface area contributed by atoms with Crippen molar-refractivity contribution in [3.8, 4) is 21.7 Å². The molecule has 0 spiro atoms. The zero-order valence-corrected chi connectivity index (χ0v) is 23.1. The number of aryl methyl sites for hydroxylation is 1. The van der Waals surface area contributed by atoms with Crippen LogP contribution in [0.5, 0.6) is 0 Å². The van der Waals surface area contributed by atoms with Gasteiger partial charge in [0, 0.05) is 72.8 Å². The largest absolute Gasteiger partial charge is 0.385 e. The summed E-state index contributed by atoms with van der Waals surface area (Å²) in [5, 5.41) is 9.03. The van der Waals surface area contributed by atoms with Gasteiger partial charge >= 0.3 is 0 Å². The second kappa shape index (κ2) is 10.9. The Morgan fingerprint density at radius 1 is 1.19 bits per heavy atom. The molecule has 6 nitrogen and oxygen atoms in total. The average Bonchev–Trinajstić information content (AvgIpc) is 3.54. The maximum Gasteiger partial charge on any atom is 0.138 e. The zero-order valence-electron chi connectivity index (χ0n) is 21.5. The molecule has 1 aliphatic heterocycles. The van der Waals surface area contributed by atoms with Crippen LogP contribution in [0.1, 0.15) is 60.9 Å². The number of rotatable bonds is 10. The molecule has 0 fully saturated rings. The number of thiazole rings is 1. The van der Waals surface area contributed by atoms with Gasteiger partial charge in [0.15, 0.2) is 0 Å². The van der Waals surface area contributed by atoms with Gasteiger partial charge in [-0.15, -0.1) is 22.7 Å². The van der Waals surface area contributed by atoms with Gasteiger partial charge in [0.25, 0.3) is 0 Å². The minimum atomic E-state index is 0.289. The number of carbonyl (C=O) groups excluding carboxylic acids is 1. The Bertz CT molecular complexity index is 1370. The van der Waals surface area contributed by atoms with Crippen molar-refractivity contribution < 1.29 is 9.53 Å². The summed E-state index contributed by atoms with van der Waals surface area (Å²) >= 11 is 3.54. The molecule has 3 aromatic heterocycles. The topological polar surface area (TPSA) is 69.0 Å². The first-order valence-corrected chi connectivity index (χ1v) is 14.4. The summed E-state index contributed by atoms with van der Waals surface area (Å²) in [6, 6.07) is 7.15. The molecular weight excluding hydrogens is 488 g/mol. The zero-order chi connectivity index (χ0) is 25.2. The first-order valence-electron chi connectivity index (χ1n) is 12.7. The Morgan fingerprint density at radius 3 is 2.83 bits per heavy atom. The highest BCUT2D eigenvalue weighted by atomic mass is 32.1. The highest BCUT2D eigenvalue weighted by Crippen LogP contribution is 2.45. The first-order chi connectivity index (χ1) is 17.4. The van der Waals surface area contributed by atoms with Crippen molar-refractivity contribution in [2.24, 2.45) is 7.05 Å². The van der Waals surface area contributed by atoms with Crippen molar-refractivity contribution in [2.45, 2.75) is 64.5 Å². The minimum Gasteiger partial charge on any atom is -0.385 e. The van der Waals surface area contributed by atoms with Crippen LogP contribution in [0.25, 0.3) is 31.9 Å². The summed E-state index contributed by atoms with van der Waals surface area (Å²) in [6.07, 6.45) is 8.97. The van der Waals surface area contributed by atoms with Crippen molar-refractivity contribution in [3.05, 3.63) is 45.9 Å². The smallest absolute Gasteiger partial charge is 0.138 e. The number of hydrogen-bond donors (Lipinski definition) is 1. The molecular formula is C28H34N4O2S2. The van der Waals surface area contributed by atoms with Crippen molar-refractivity contribution in [1.82, 2.24) is 20.1 Å². The lowest BCUT2D eigenvalue weighted by molar-refractivity contribution is -0.118. The Balaban J connectivity index is 1.47. The highest BCUT2D eigenvalue weighted by Gasteiger charge is 2.30. The Kier molecular flexibility index (Phi) is 7.67. The number of Topliss-reactive ketones (excluding diaryl/α,β-unsaturated/α-hetero) is 1. The van der Waals surface area contributed by atoms with E-state index >= 15 is 0 Å². The molecule has 1 N–H and O–H groups in total. The Morgan fingerprint density at radius 2 is 2.06 bits per heavy atom. The number of ether oxygens (including phenoxy) is 1. The van der Waals surface area contributed by atoms with E-state index in [1.54, 1.807) is 18.4 Å². The van der Waals surface area contributed by atoms with Crippen molar-refractivity contribution in [2.75, 3.05) is 13.7 Å². The predicted octanol–water partition coefficient (Wildman–Crippen LogP) is 6.34. The number of unbranched alkanes of at least 4 members (excludes halogenated alkanes) is 2. The molecule has 4 heterocycles. The highest BCUT2D eigenvalue weighted by molar-refractivity contribution is 7.22. The van der Waals surface area contributed by atoms with Gasteiger partial charge in [-0.05, 0) is 56.4 Å². The summed E-state index contributed by atoms with van der Waals surface area (Å²) in [6.45, 7) is 5.23. The number of carbonyl (C=O) groups is 1. The number of nitrogens with zero attached hydrogens (tertiary/aromatic N) is 3. The second-order valence-electron chi connectivity index (χ2n) is 9.86. The molecule has 8 heteroatoms. The molecule has 0 bridgehead atoms. The number of methoxy groups -OCH3 is 1. The van der Waals surface area contributed by atoms with Gasteiger partial charge in [-0.25, -0.2) is 4.98 Å². The molecule has 0 aliphatic carbocycles. The van der Waals surface area contributed by atoms with Gasteiger partial charge in [-0.2, -0.15) is 5.10 Å². The van der Waals surface area contributed by atoms with Crippen molar-refractivity contribution >= 4 is 38.7 Å². The monoisotopic (exact) mass is 522 g/mol. The lowest BCUT2D eigenvalue weighted by atomic mass is 9.94. The van der Waals surface area contributed by atoms with Crippen LogP contribution in [0.2, 0.25) is 0 Å². The number of fused-ring (bicyclic) bond motifs is 2. The number of nitrogens with one attached hydrogen (secondary N) is 1. The van der Waals surface area contributed by atoms with Gasteiger partial charge < -0.3 is 10.1 Å². The molecule has 0 unspecified atom stereocenters. The van der Waals surface area contributed by atoms with E-state index < -0.39 is 0 Å². The van der Waals surface area contributed by atoms with Crippen molar-refractivity contribution in [1.29, 1.82) is 0 Å². The fraction of sp³-hybridized carbons (Fsp3) is 0.464. The van der Waals surface area contributed by atoms with Crippen LogP contribution in [-0.2, 0) is 29.4 Å². The summed E-state index contributed by atoms with van der Waals surface area (Å²) < 4.78 is 8.12. The standard InChI is InChI=1S/C28H34N4O2S2/c1-17-12-22-26(25(35-27(22)18(2)30-17)14-21(33)8-6-5-7-11-34-4)28-31-23-13-19(9-10-24(23)36-28)20-15-29-32(3)16-20/h9-10,13,15-18,30H,5-8,11-12,14H2,1-4H3/t17-,18+/m1/s1. The maximum atomic E-state index is 13.0. The van der Waals surface area contributed by atoms with E-state index in [0.717, 1.165) is 53.9 Å². The second-order valence-corrected chi connectivity index (χ2v) is 12.0. The fourth-order valence-electron chi connectivity index (χ4n) is 5.13. The van der Waals surface area contributed by atoms with Crippen molar-refractivity contribution in [3.63, 3.8) is 0 Å². The van der Waals surface area contributed by atoms with Gasteiger partial charge in [0.05, 0.1) is 16.4 Å². The van der Waals surface area contributed by atoms with E-state index in [1.807, 2.05) is 35.5 Å². The predicted molar refractivity (Wildman–Crippen MR) is 149 cm³/mol. The van der Waals surface area contributed by atoms with E-state index in [9.17, 15) is 4.79 Å². The molecule has 4 aromatic rings. The number of benzene rings is 1. The average molecular weight is 523 g/mol. The molecule has 2 atom stereocenters. The molecule has 5 rings (SSSR count). The summed E-state index contributed by atoms with van der Waals surface area (Å²) in [5.74, 6) is 0.320. The van der Waals surface area contributed by atoms with Gasteiger partial charge in [-0.3, -0.25) is 9.48 Å². The van der Waals surface area contributed by atoms with Gasteiger partial charge in [-0.1, -0.05) is 12.5 Å². The lowest BCUT2D eigenvalue weighted by Crippen LogP contribution is -2.35. The summed E-state index contributed by atoms with van der Waals surface area (Å²) in [4.78, 5) is 20.7. The molecule has 0 radical (unpaired) electrons. The summed E-state index contributed by atoms with van der Waals surface area (Å²) in [5.41, 5.74) is 5.81. The molecule has 1 aromatic carbocycles. The molecule has 0 amide bonds. The van der Waals surface area contributed by atoms with Crippen LogP contribution in [0.4, 0.5) is 0 Å². The number of hydrogen-bond acceptors (Lipinski definition) is 7. The molecule has 190 valence electrons. The van der Waals surface area contributed by atoms with Crippen LogP contribution in [0.3, 0.4) is 0 Å². The molecule has 36 heavy (non-hydrogen) atoms. The quantitative estimate of drug-likeness (QED) is 0.246. The van der Waals surface area contributed by atoms with Crippen LogP contribution >= 0.6 is 22.7 Å². The molecule has 0 saturated heterocycles. The Labute approximate surface area is 220 Å². The van der Waals surface area contributed by atoms with Gasteiger partial charge in [0.2, 0.25) is 0 Å². The van der Waals surface area contributed by atoms with E-state index in [1.165, 1.54) is 25.6 Å². The third-order valence-electron chi connectivity index (χ3n) is 6.85. The molecule has 0 saturated carbocycles. The van der Waals surface area contributed by atoms with E-state index in [4.69, 9.17) is 9.72 Å². The number of aromatic nitrogens is 3.